The summed E-state index contributed by atoms with van der Waals surface area (Å²) in [6, 6.07) is 9.30. The molecule has 1 fully saturated rings. The van der Waals surface area contributed by atoms with Crippen molar-refractivity contribution in [3.8, 4) is 10.6 Å². The number of hydrogen-bond donors (Lipinski definition) is 0. The van der Waals surface area contributed by atoms with Gasteiger partial charge in [0.15, 0.2) is 0 Å². The lowest BCUT2D eigenvalue weighted by Crippen LogP contribution is -2.34. The van der Waals surface area contributed by atoms with Gasteiger partial charge in [0, 0.05) is 36.7 Å². The fourth-order valence-corrected chi connectivity index (χ4v) is 5.28. The van der Waals surface area contributed by atoms with Crippen molar-refractivity contribution < 1.29 is 13.6 Å². The number of nitrogens with zero attached hydrogens (tertiary/aromatic N) is 3. The Morgan fingerprint density at radius 1 is 1.21 bits per heavy atom. The first kappa shape index (κ1) is 19.1. The van der Waals surface area contributed by atoms with Crippen molar-refractivity contribution in [3.63, 3.8) is 0 Å². The number of hydrogen-bond acceptors (Lipinski definition) is 4. The van der Waals surface area contributed by atoms with Crippen LogP contribution in [0.4, 0.5) is 8.78 Å². The lowest BCUT2D eigenvalue weighted by Gasteiger charge is -2.20. The van der Waals surface area contributed by atoms with Crippen LogP contribution in [0.3, 0.4) is 0 Å². The molecule has 0 radical (unpaired) electrons. The minimum Gasteiger partial charge on any atom is -0.336 e. The summed E-state index contributed by atoms with van der Waals surface area (Å²) in [7, 11) is 1.77. The van der Waals surface area contributed by atoms with Crippen molar-refractivity contribution in [2.24, 2.45) is 7.05 Å². The number of halogens is 2. The second-order valence-electron chi connectivity index (χ2n) is 6.62. The molecule has 2 aromatic heterocycles. The van der Waals surface area contributed by atoms with E-state index in [1.54, 1.807) is 39.7 Å². The second kappa shape index (κ2) is 8.05. The highest BCUT2D eigenvalue weighted by Crippen LogP contribution is 2.36. The summed E-state index contributed by atoms with van der Waals surface area (Å²) in [6.45, 7) is 1.06. The standard InChI is InChI=1S/C20H19F2N3OS2/c1-24-17(12-16(23-24)19-3-2-9-27-19)20(26)25-7-6-18(28-10-8-25)14-11-13(21)4-5-15(14)22/h2-5,9,11-12,18H,6-8,10H2,1H3/t18-/m0/s1. The molecular weight excluding hydrogens is 400 g/mol. The summed E-state index contributed by atoms with van der Waals surface area (Å²) in [5, 5.41) is 6.27. The number of benzene rings is 1. The Bertz CT molecular complexity index is 988. The summed E-state index contributed by atoms with van der Waals surface area (Å²) < 4.78 is 29.3. The first-order chi connectivity index (χ1) is 13.5. The molecule has 3 heterocycles. The van der Waals surface area contributed by atoms with Crippen LogP contribution in [0.25, 0.3) is 10.6 Å². The fraction of sp³-hybridized carbons (Fsp3) is 0.300. The average Bonchev–Trinajstić information content (AvgIpc) is 3.27. The van der Waals surface area contributed by atoms with Gasteiger partial charge in [-0.1, -0.05) is 6.07 Å². The number of rotatable bonds is 3. The maximum absolute atomic E-state index is 14.1. The molecule has 0 unspecified atom stereocenters. The lowest BCUT2D eigenvalue weighted by molar-refractivity contribution is 0.0755. The number of thiophene rings is 1. The van der Waals surface area contributed by atoms with E-state index in [9.17, 15) is 13.6 Å². The monoisotopic (exact) mass is 419 g/mol. The Hall–Kier alpha value is -2.19. The number of amides is 1. The van der Waals surface area contributed by atoms with Gasteiger partial charge < -0.3 is 4.90 Å². The molecule has 0 bridgehead atoms. The van der Waals surface area contributed by atoms with Gasteiger partial charge in [0.05, 0.1) is 4.88 Å². The molecule has 3 aromatic rings. The SMILES string of the molecule is Cn1nc(-c2cccs2)cc1C(=O)N1CCS[C@H](c2cc(F)ccc2F)CC1. The van der Waals surface area contributed by atoms with Crippen LogP contribution in [0.1, 0.15) is 27.7 Å². The van der Waals surface area contributed by atoms with E-state index in [1.165, 1.54) is 12.1 Å². The molecule has 1 aliphatic heterocycles. The molecule has 0 aliphatic carbocycles. The molecule has 4 rings (SSSR count). The Labute approximate surface area is 170 Å². The second-order valence-corrected chi connectivity index (χ2v) is 8.88. The topological polar surface area (TPSA) is 38.1 Å². The summed E-state index contributed by atoms with van der Waals surface area (Å²) >= 11 is 3.14. The Balaban J connectivity index is 1.50. The van der Waals surface area contributed by atoms with E-state index in [2.05, 4.69) is 5.10 Å². The third-order valence-corrected chi connectivity index (χ3v) is 7.01. The van der Waals surface area contributed by atoms with E-state index in [4.69, 9.17) is 0 Å². The van der Waals surface area contributed by atoms with Crippen LogP contribution in [0.5, 0.6) is 0 Å². The van der Waals surface area contributed by atoms with E-state index in [1.807, 2.05) is 23.6 Å². The quantitative estimate of drug-likeness (QED) is 0.615. The molecule has 0 spiro atoms. The maximum Gasteiger partial charge on any atom is 0.272 e. The van der Waals surface area contributed by atoms with E-state index < -0.39 is 11.6 Å². The van der Waals surface area contributed by atoms with Crippen LogP contribution in [0.2, 0.25) is 0 Å². The van der Waals surface area contributed by atoms with Crippen molar-refractivity contribution >= 4 is 29.0 Å². The zero-order chi connectivity index (χ0) is 19.7. The van der Waals surface area contributed by atoms with E-state index in [0.29, 0.717) is 36.5 Å². The number of carbonyl (C=O) groups is 1. The Morgan fingerprint density at radius 3 is 2.86 bits per heavy atom. The predicted octanol–water partition coefficient (Wildman–Crippen LogP) is 4.75. The van der Waals surface area contributed by atoms with Gasteiger partial charge in [-0.05, 0) is 42.1 Å². The molecule has 1 atom stereocenters. The molecule has 0 saturated carbocycles. The molecule has 4 nitrogen and oxygen atoms in total. The Morgan fingerprint density at radius 2 is 2.07 bits per heavy atom. The van der Waals surface area contributed by atoms with Crippen molar-refractivity contribution in [1.82, 2.24) is 14.7 Å². The molecular formula is C20H19F2N3OS2. The van der Waals surface area contributed by atoms with Crippen LogP contribution in [-0.2, 0) is 7.05 Å². The Kier molecular flexibility index (Phi) is 5.50. The highest BCUT2D eigenvalue weighted by molar-refractivity contribution is 7.99. The molecule has 0 N–H and O–H groups in total. The highest BCUT2D eigenvalue weighted by Gasteiger charge is 2.26. The van der Waals surface area contributed by atoms with E-state index in [-0.39, 0.29) is 11.2 Å². The van der Waals surface area contributed by atoms with Crippen LogP contribution in [-0.4, -0.2) is 39.4 Å². The van der Waals surface area contributed by atoms with Gasteiger partial charge in [0.25, 0.3) is 5.91 Å². The van der Waals surface area contributed by atoms with Gasteiger partial charge in [-0.3, -0.25) is 9.48 Å². The smallest absolute Gasteiger partial charge is 0.272 e. The van der Waals surface area contributed by atoms with Crippen molar-refractivity contribution in [2.45, 2.75) is 11.7 Å². The lowest BCUT2D eigenvalue weighted by atomic mass is 10.1. The normalized spacial score (nSPS) is 17.5. The molecule has 146 valence electrons. The van der Waals surface area contributed by atoms with E-state index in [0.717, 1.165) is 16.6 Å². The van der Waals surface area contributed by atoms with Gasteiger partial charge in [0.2, 0.25) is 0 Å². The number of aryl methyl sites for hydroxylation is 1. The summed E-state index contributed by atoms with van der Waals surface area (Å²) in [5.41, 5.74) is 1.69. The van der Waals surface area contributed by atoms with Gasteiger partial charge in [-0.15, -0.1) is 11.3 Å². The van der Waals surface area contributed by atoms with Crippen molar-refractivity contribution in [3.05, 3.63) is 64.7 Å². The third kappa shape index (κ3) is 3.84. The number of carbonyl (C=O) groups excluding carboxylic acids is 1. The average molecular weight is 420 g/mol. The summed E-state index contributed by atoms with van der Waals surface area (Å²) in [5.74, 6) is -0.253. The number of aromatic nitrogens is 2. The van der Waals surface area contributed by atoms with Gasteiger partial charge in [-0.25, -0.2) is 8.78 Å². The van der Waals surface area contributed by atoms with Crippen LogP contribution in [0, 0.1) is 11.6 Å². The zero-order valence-electron chi connectivity index (χ0n) is 15.3. The molecule has 8 heteroatoms. The first-order valence-corrected chi connectivity index (χ1v) is 10.9. The van der Waals surface area contributed by atoms with Gasteiger partial charge >= 0.3 is 0 Å². The largest absolute Gasteiger partial charge is 0.336 e. The zero-order valence-corrected chi connectivity index (χ0v) is 16.9. The molecule has 28 heavy (non-hydrogen) atoms. The minimum absolute atomic E-state index is 0.0845. The predicted molar refractivity (Wildman–Crippen MR) is 109 cm³/mol. The molecule has 1 aromatic carbocycles. The molecule has 1 amide bonds. The summed E-state index contributed by atoms with van der Waals surface area (Å²) in [6.07, 6.45) is 0.576. The van der Waals surface area contributed by atoms with Crippen LogP contribution < -0.4 is 0 Å². The van der Waals surface area contributed by atoms with Gasteiger partial charge in [-0.2, -0.15) is 16.9 Å². The number of thioether (sulfide) groups is 1. The maximum atomic E-state index is 14.1. The van der Waals surface area contributed by atoms with Crippen molar-refractivity contribution in [1.29, 1.82) is 0 Å². The third-order valence-electron chi connectivity index (χ3n) is 4.81. The van der Waals surface area contributed by atoms with Crippen LogP contribution in [0.15, 0.2) is 41.8 Å². The molecule has 1 aliphatic rings. The molecule has 1 saturated heterocycles. The van der Waals surface area contributed by atoms with Gasteiger partial charge in [0.1, 0.15) is 23.0 Å². The fourth-order valence-electron chi connectivity index (χ4n) is 3.36. The minimum atomic E-state index is -0.440. The highest BCUT2D eigenvalue weighted by atomic mass is 32.2. The van der Waals surface area contributed by atoms with E-state index >= 15 is 0 Å². The van der Waals surface area contributed by atoms with Crippen LogP contribution >= 0.6 is 23.1 Å². The van der Waals surface area contributed by atoms with Crippen molar-refractivity contribution in [2.75, 3.05) is 18.8 Å². The first-order valence-electron chi connectivity index (χ1n) is 8.96. The summed E-state index contributed by atoms with van der Waals surface area (Å²) in [4.78, 5) is 15.8.